The van der Waals surface area contributed by atoms with Gasteiger partial charge in [0, 0.05) is 33.4 Å². The number of aromatic nitrogens is 1. The number of fused-ring (bicyclic) bond motifs is 9. The topological polar surface area (TPSA) is 8.17 Å². The Kier molecular flexibility index (Phi) is 7.37. The fraction of sp³-hybridized carbons (Fsp3) is 0.0909. The van der Waals surface area contributed by atoms with Gasteiger partial charge in [-0.1, -0.05) is 130 Å². The van der Waals surface area contributed by atoms with Crippen LogP contribution in [0.4, 0.5) is 17.1 Å². The van der Waals surface area contributed by atoms with Crippen molar-refractivity contribution < 1.29 is 0 Å². The van der Waals surface area contributed by atoms with Crippen LogP contribution in [0.5, 0.6) is 0 Å². The highest BCUT2D eigenvalue weighted by Crippen LogP contribution is 2.51. The van der Waals surface area contributed by atoms with Crippen molar-refractivity contribution in [2.75, 3.05) is 4.90 Å². The Morgan fingerprint density at radius 1 is 0.421 bits per heavy atom. The van der Waals surface area contributed by atoms with Gasteiger partial charge in [-0.25, -0.2) is 0 Å². The van der Waals surface area contributed by atoms with E-state index in [0.29, 0.717) is 0 Å². The van der Waals surface area contributed by atoms with E-state index in [2.05, 4.69) is 219 Å². The SMILES string of the molecule is Cc1ccc(C(C)(C)C)cc1N(c1ccc2cc3c(cc2c1)-c1cc2ccc(-n4c5ccccc5c5ccccc54)cc2cc1-3)c1ccccc1-c1ccccc1. The molecule has 9 aromatic carbocycles. The molecule has 1 heterocycles. The number of nitrogens with zero attached hydrogens (tertiary/aromatic N) is 2. The molecule has 272 valence electrons. The number of rotatable bonds is 5. The third kappa shape index (κ3) is 5.32. The van der Waals surface area contributed by atoms with Crippen LogP contribution in [0.3, 0.4) is 0 Å². The van der Waals surface area contributed by atoms with Gasteiger partial charge in [-0.2, -0.15) is 0 Å². The molecule has 0 radical (unpaired) electrons. The van der Waals surface area contributed by atoms with E-state index in [1.165, 1.54) is 105 Å². The zero-order chi connectivity index (χ0) is 38.4. The second-order valence-corrected chi connectivity index (χ2v) is 16.7. The van der Waals surface area contributed by atoms with Crippen LogP contribution in [0, 0.1) is 6.92 Å². The van der Waals surface area contributed by atoms with E-state index in [-0.39, 0.29) is 5.41 Å². The lowest BCUT2D eigenvalue weighted by Crippen LogP contribution is -2.16. The van der Waals surface area contributed by atoms with Crippen molar-refractivity contribution >= 4 is 60.4 Å². The van der Waals surface area contributed by atoms with Gasteiger partial charge in [0.2, 0.25) is 0 Å². The first-order valence-electron chi connectivity index (χ1n) is 20.0. The quantitative estimate of drug-likeness (QED) is 0.171. The molecule has 0 bridgehead atoms. The van der Waals surface area contributed by atoms with Crippen molar-refractivity contribution in [2.24, 2.45) is 0 Å². The van der Waals surface area contributed by atoms with Crippen LogP contribution >= 0.6 is 0 Å². The molecule has 0 fully saturated rings. The molecule has 0 saturated heterocycles. The predicted octanol–water partition coefficient (Wildman–Crippen LogP) is 15.5. The van der Waals surface area contributed by atoms with Crippen LogP contribution < -0.4 is 4.90 Å². The van der Waals surface area contributed by atoms with Crippen LogP contribution in [-0.4, -0.2) is 4.57 Å². The summed E-state index contributed by atoms with van der Waals surface area (Å²) in [6.45, 7) is 9.12. The Morgan fingerprint density at radius 3 is 1.65 bits per heavy atom. The van der Waals surface area contributed by atoms with Crippen molar-refractivity contribution in [3.8, 4) is 39.1 Å². The van der Waals surface area contributed by atoms with Gasteiger partial charge < -0.3 is 9.47 Å². The van der Waals surface area contributed by atoms with Crippen LogP contribution in [0.2, 0.25) is 0 Å². The van der Waals surface area contributed by atoms with E-state index < -0.39 is 0 Å². The second kappa shape index (κ2) is 12.6. The zero-order valence-electron chi connectivity index (χ0n) is 32.7. The summed E-state index contributed by atoms with van der Waals surface area (Å²) >= 11 is 0. The van der Waals surface area contributed by atoms with Crippen LogP contribution in [0.1, 0.15) is 31.9 Å². The second-order valence-electron chi connectivity index (χ2n) is 16.7. The molecular formula is C55H42N2. The average Bonchev–Trinajstić information content (AvgIpc) is 3.57. The lowest BCUT2D eigenvalue weighted by Gasteiger charge is -2.31. The summed E-state index contributed by atoms with van der Waals surface area (Å²) in [5.41, 5.74) is 17.5. The van der Waals surface area contributed by atoms with Crippen molar-refractivity contribution in [1.82, 2.24) is 4.57 Å². The Labute approximate surface area is 333 Å². The van der Waals surface area contributed by atoms with E-state index in [1.807, 2.05) is 0 Å². The first-order valence-corrected chi connectivity index (χ1v) is 20.0. The van der Waals surface area contributed by atoms with Gasteiger partial charge in [0.15, 0.2) is 0 Å². The van der Waals surface area contributed by atoms with Gasteiger partial charge in [-0.05, 0) is 146 Å². The first-order chi connectivity index (χ1) is 27.8. The molecule has 57 heavy (non-hydrogen) atoms. The minimum atomic E-state index is 0.0168. The normalized spacial score (nSPS) is 12.2. The molecule has 1 aromatic heterocycles. The first kappa shape index (κ1) is 33.4. The molecular weight excluding hydrogens is 689 g/mol. The van der Waals surface area contributed by atoms with Crippen LogP contribution in [-0.2, 0) is 5.41 Å². The van der Waals surface area contributed by atoms with Gasteiger partial charge in [0.1, 0.15) is 0 Å². The maximum Gasteiger partial charge on any atom is 0.0541 e. The van der Waals surface area contributed by atoms with Crippen molar-refractivity contribution in [1.29, 1.82) is 0 Å². The van der Waals surface area contributed by atoms with Crippen LogP contribution in [0.25, 0.3) is 82.4 Å². The molecule has 0 atom stereocenters. The summed E-state index contributed by atoms with van der Waals surface area (Å²) in [5.74, 6) is 0. The Hall–Kier alpha value is -6.90. The Balaban J connectivity index is 1.03. The lowest BCUT2D eigenvalue weighted by molar-refractivity contribution is 0.590. The third-order valence-electron chi connectivity index (χ3n) is 12.1. The number of hydrogen-bond acceptors (Lipinski definition) is 1. The molecule has 2 nitrogen and oxygen atoms in total. The monoisotopic (exact) mass is 730 g/mol. The Bertz CT molecular complexity index is 3180. The summed E-state index contributed by atoms with van der Waals surface area (Å²) in [4.78, 5) is 2.47. The highest BCUT2D eigenvalue weighted by Gasteiger charge is 2.26. The highest BCUT2D eigenvalue weighted by molar-refractivity contribution is 6.13. The van der Waals surface area contributed by atoms with Crippen molar-refractivity contribution in [3.63, 3.8) is 0 Å². The van der Waals surface area contributed by atoms with Crippen LogP contribution in [0.15, 0.2) is 182 Å². The van der Waals surface area contributed by atoms with E-state index in [9.17, 15) is 0 Å². The van der Waals surface area contributed by atoms with E-state index >= 15 is 0 Å². The number of hydrogen-bond donors (Lipinski definition) is 0. The maximum atomic E-state index is 2.47. The molecule has 0 aliphatic heterocycles. The number of aryl methyl sites for hydroxylation is 1. The molecule has 11 rings (SSSR count). The third-order valence-corrected chi connectivity index (χ3v) is 12.1. The standard InChI is InChI=1S/C55H42N2/c1-35-22-25-41(55(2,3)4)34-54(35)57(51-19-11-8-16-44(51)36-14-6-5-7-15-36)43-27-24-38-31-48-49-32-39-28-42(26-23-37(39)30-47(49)50(48)33-40(38)29-43)56-52-20-12-9-17-45(52)46-18-10-13-21-53(46)56/h5-34H,1-4H3. The number of para-hydroxylation sites is 3. The zero-order valence-corrected chi connectivity index (χ0v) is 32.7. The molecule has 2 heteroatoms. The minimum absolute atomic E-state index is 0.0168. The molecule has 0 unspecified atom stereocenters. The molecule has 1 aliphatic carbocycles. The van der Waals surface area contributed by atoms with Gasteiger partial charge in [0.05, 0.1) is 16.7 Å². The molecule has 10 aromatic rings. The molecule has 1 aliphatic rings. The van der Waals surface area contributed by atoms with Gasteiger partial charge in [0.25, 0.3) is 0 Å². The van der Waals surface area contributed by atoms with Crippen molar-refractivity contribution in [3.05, 3.63) is 193 Å². The number of anilines is 3. The smallest absolute Gasteiger partial charge is 0.0541 e. The Morgan fingerprint density at radius 2 is 0.982 bits per heavy atom. The van der Waals surface area contributed by atoms with E-state index in [4.69, 9.17) is 0 Å². The van der Waals surface area contributed by atoms with Gasteiger partial charge in [-0.3, -0.25) is 0 Å². The maximum absolute atomic E-state index is 2.47. The molecule has 0 N–H and O–H groups in total. The molecule has 0 amide bonds. The van der Waals surface area contributed by atoms with E-state index in [1.54, 1.807) is 0 Å². The average molecular weight is 731 g/mol. The molecule has 0 saturated carbocycles. The minimum Gasteiger partial charge on any atom is -0.310 e. The summed E-state index contributed by atoms with van der Waals surface area (Å²) in [6, 6.07) is 67.5. The number of benzene rings is 9. The predicted molar refractivity (Wildman–Crippen MR) is 244 cm³/mol. The summed E-state index contributed by atoms with van der Waals surface area (Å²) in [6.07, 6.45) is 0. The summed E-state index contributed by atoms with van der Waals surface area (Å²) in [5, 5.41) is 7.58. The fourth-order valence-electron chi connectivity index (χ4n) is 9.13. The summed E-state index contributed by atoms with van der Waals surface area (Å²) < 4.78 is 2.41. The van der Waals surface area contributed by atoms with Gasteiger partial charge in [-0.15, -0.1) is 0 Å². The lowest BCUT2D eigenvalue weighted by atomic mass is 9.78. The molecule has 0 spiro atoms. The fourth-order valence-corrected chi connectivity index (χ4v) is 9.13. The van der Waals surface area contributed by atoms with Gasteiger partial charge >= 0.3 is 0 Å². The van der Waals surface area contributed by atoms with E-state index in [0.717, 1.165) is 5.69 Å². The van der Waals surface area contributed by atoms with Crippen molar-refractivity contribution in [2.45, 2.75) is 33.1 Å². The highest BCUT2D eigenvalue weighted by atomic mass is 15.1. The summed E-state index contributed by atoms with van der Waals surface area (Å²) in [7, 11) is 0. The largest absolute Gasteiger partial charge is 0.310 e.